The Morgan fingerprint density at radius 2 is 1.85 bits per heavy atom. The maximum Gasteiger partial charge on any atom is 0.190 e. The van der Waals surface area contributed by atoms with Crippen LogP contribution in [0, 0.1) is 12.4 Å². The number of aliphatic hydroxyl groups excluding tert-OH is 1. The minimum Gasteiger partial charge on any atom is -0.392 e. The molecule has 26 heavy (non-hydrogen) atoms. The molecule has 1 fully saturated rings. The van der Waals surface area contributed by atoms with Crippen LogP contribution in [-0.2, 0) is 19.6 Å². The number of hydrogen-bond donors (Lipinski definition) is 1. The molecule has 0 bridgehead atoms. The lowest BCUT2D eigenvalue weighted by atomic mass is 10.1. The highest BCUT2D eigenvalue weighted by Gasteiger charge is 2.18. The van der Waals surface area contributed by atoms with Gasteiger partial charge in [-0.2, -0.15) is 0 Å². The molecule has 0 amide bonds. The number of piperazine rings is 1. The predicted molar refractivity (Wildman–Crippen MR) is 102 cm³/mol. The van der Waals surface area contributed by atoms with Crippen LogP contribution in [0.3, 0.4) is 0 Å². The zero-order valence-electron chi connectivity index (χ0n) is 15.1. The Morgan fingerprint density at radius 1 is 1.08 bits per heavy atom. The van der Waals surface area contributed by atoms with Gasteiger partial charge in [-0.1, -0.05) is 25.1 Å². The van der Waals surface area contributed by atoms with E-state index in [9.17, 15) is 4.39 Å². The number of hydrogen-bond acceptors (Lipinski definition) is 3. The van der Waals surface area contributed by atoms with Gasteiger partial charge in [0.05, 0.1) is 13.2 Å². The van der Waals surface area contributed by atoms with E-state index >= 15 is 0 Å². The first kappa shape index (κ1) is 18.4. The summed E-state index contributed by atoms with van der Waals surface area (Å²) in [5.41, 5.74) is 4.28. The van der Waals surface area contributed by atoms with Gasteiger partial charge in [0.1, 0.15) is 5.82 Å². The van der Waals surface area contributed by atoms with Crippen molar-refractivity contribution in [1.29, 1.82) is 0 Å². The molecule has 3 rings (SSSR count). The van der Waals surface area contributed by atoms with Crippen LogP contribution in [0.2, 0.25) is 0 Å². The van der Waals surface area contributed by atoms with Crippen molar-refractivity contribution in [1.82, 2.24) is 4.90 Å². The van der Waals surface area contributed by atoms with E-state index in [2.05, 4.69) is 27.6 Å². The second kappa shape index (κ2) is 8.31. The quantitative estimate of drug-likeness (QED) is 0.831. The molecule has 136 valence electrons. The van der Waals surface area contributed by atoms with Gasteiger partial charge in [0.15, 0.2) is 5.69 Å². The van der Waals surface area contributed by atoms with Crippen molar-refractivity contribution in [2.45, 2.75) is 26.5 Å². The number of nitrogens with zero attached hydrogens (tertiary/aromatic N) is 3. The lowest BCUT2D eigenvalue weighted by molar-refractivity contribution is 0.249. The first-order chi connectivity index (χ1) is 12.6. The summed E-state index contributed by atoms with van der Waals surface area (Å²) in [4.78, 5) is 8.25. The summed E-state index contributed by atoms with van der Waals surface area (Å²) in [6.07, 6.45) is 0.862. The molecule has 1 aliphatic rings. The molecule has 0 radical (unpaired) electrons. The van der Waals surface area contributed by atoms with Crippen LogP contribution in [0.5, 0.6) is 0 Å². The van der Waals surface area contributed by atoms with Crippen molar-refractivity contribution in [3.63, 3.8) is 0 Å². The summed E-state index contributed by atoms with van der Waals surface area (Å²) in [6.45, 7) is 13.4. The minimum atomic E-state index is -0.337. The molecule has 1 saturated heterocycles. The minimum absolute atomic E-state index is 0.267. The standard InChI is InChI=1S/C21H24FN3O/c1-3-17-13-19(6-7-21(17)23-2)25-10-8-24(9-11-25)14-16-4-5-18(15-26)20(22)12-16/h4-7,12-13,26H,3,8-11,14-15H2,1H3. The van der Waals surface area contributed by atoms with Crippen LogP contribution in [0.15, 0.2) is 36.4 Å². The van der Waals surface area contributed by atoms with Gasteiger partial charge < -0.3 is 10.0 Å². The van der Waals surface area contributed by atoms with Gasteiger partial charge in [0.25, 0.3) is 0 Å². The van der Waals surface area contributed by atoms with E-state index in [1.807, 2.05) is 18.2 Å². The van der Waals surface area contributed by atoms with Crippen LogP contribution in [0.1, 0.15) is 23.6 Å². The fourth-order valence-corrected chi connectivity index (χ4v) is 3.40. The zero-order valence-corrected chi connectivity index (χ0v) is 15.1. The lowest BCUT2D eigenvalue weighted by Crippen LogP contribution is -2.46. The van der Waals surface area contributed by atoms with Crippen LogP contribution < -0.4 is 4.90 Å². The van der Waals surface area contributed by atoms with E-state index in [4.69, 9.17) is 11.7 Å². The summed E-state index contributed by atoms with van der Waals surface area (Å²) in [5, 5.41) is 9.07. The first-order valence-corrected chi connectivity index (χ1v) is 9.00. The molecule has 2 aromatic rings. The van der Waals surface area contributed by atoms with Gasteiger partial charge in [-0.25, -0.2) is 9.24 Å². The number of rotatable bonds is 5. The Hall–Kier alpha value is -2.42. The van der Waals surface area contributed by atoms with E-state index in [-0.39, 0.29) is 12.4 Å². The SMILES string of the molecule is [C-]#[N+]c1ccc(N2CCN(Cc3ccc(CO)c(F)c3)CC2)cc1CC. The molecule has 1 N–H and O–H groups in total. The molecule has 1 aliphatic heterocycles. The second-order valence-electron chi connectivity index (χ2n) is 6.63. The highest BCUT2D eigenvalue weighted by molar-refractivity contribution is 5.61. The largest absolute Gasteiger partial charge is 0.392 e. The molecule has 0 atom stereocenters. The second-order valence-corrected chi connectivity index (χ2v) is 6.63. The summed E-state index contributed by atoms with van der Waals surface area (Å²) >= 11 is 0. The summed E-state index contributed by atoms with van der Waals surface area (Å²) in [6, 6.07) is 11.1. The Balaban J connectivity index is 1.61. The van der Waals surface area contributed by atoms with E-state index in [0.29, 0.717) is 12.1 Å². The van der Waals surface area contributed by atoms with Gasteiger partial charge in [0.2, 0.25) is 0 Å². The van der Waals surface area contributed by atoms with Crippen molar-refractivity contribution in [3.8, 4) is 0 Å². The number of anilines is 1. The summed E-state index contributed by atoms with van der Waals surface area (Å²) in [7, 11) is 0. The van der Waals surface area contributed by atoms with Crippen LogP contribution in [0.4, 0.5) is 15.8 Å². The molecular formula is C21H24FN3O. The van der Waals surface area contributed by atoms with Gasteiger partial charge in [-0.05, 0) is 35.7 Å². The van der Waals surface area contributed by atoms with Crippen molar-refractivity contribution >= 4 is 11.4 Å². The van der Waals surface area contributed by atoms with Crippen molar-refractivity contribution < 1.29 is 9.50 Å². The van der Waals surface area contributed by atoms with E-state index < -0.39 is 0 Å². The van der Waals surface area contributed by atoms with E-state index in [1.54, 1.807) is 6.07 Å². The molecule has 0 saturated carbocycles. The highest BCUT2D eigenvalue weighted by atomic mass is 19.1. The summed E-state index contributed by atoms with van der Waals surface area (Å²) in [5.74, 6) is -0.337. The fraction of sp³-hybridized carbons (Fsp3) is 0.381. The lowest BCUT2D eigenvalue weighted by Gasteiger charge is -2.36. The van der Waals surface area contributed by atoms with Crippen LogP contribution in [0.25, 0.3) is 4.85 Å². The molecule has 0 aromatic heterocycles. The van der Waals surface area contributed by atoms with Crippen molar-refractivity contribution in [2.24, 2.45) is 0 Å². The number of aliphatic hydroxyl groups is 1. The number of aryl methyl sites for hydroxylation is 1. The first-order valence-electron chi connectivity index (χ1n) is 9.00. The molecular weight excluding hydrogens is 329 g/mol. The average Bonchev–Trinajstić information content (AvgIpc) is 2.68. The van der Waals surface area contributed by atoms with Crippen molar-refractivity contribution in [2.75, 3.05) is 31.1 Å². The molecule has 0 aliphatic carbocycles. The Bertz CT molecular complexity index is 807. The Kier molecular flexibility index (Phi) is 5.87. The van der Waals surface area contributed by atoms with Gasteiger partial charge in [-0.3, -0.25) is 4.90 Å². The maximum atomic E-state index is 13.8. The summed E-state index contributed by atoms with van der Waals surface area (Å²) < 4.78 is 13.8. The Morgan fingerprint density at radius 3 is 2.46 bits per heavy atom. The van der Waals surface area contributed by atoms with Crippen molar-refractivity contribution in [3.05, 3.63) is 70.3 Å². The third-order valence-electron chi connectivity index (χ3n) is 5.00. The normalized spacial score (nSPS) is 15.1. The maximum absolute atomic E-state index is 13.8. The Labute approximate surface area is 154 Å². The number of benzene rings is 2. The molecule has 0 spiro atoms. The predicted octanol–water partition coefficient (Wildman–Crippen LogP) is 3.75. The molecule has 2 aromatic carbocycles. The van der Waals surface area contributed by atoms with Gasteiger partial charge in [0, 0.05) is 44.0 Å². The third kappa shape index (κ3) is 4.04. The van der Waals surface area contributed by atoms with Gasteiger partial charge >= 0.3 is 0 Å². The highest BCUT2D eigenvalue weighted by Crippen LogP contribution is 2.27. The molecule has 1 heterocycles. The fourth-order valence-electron chi connectivity index (χ4n) is 3.40. The molecule has 0 unspecified atom stereocenters. The van der Waals surface area contributed by atoms with Gasteiger partial charge in [-0.15, -0.1) is 0 Å². The third-order valence-corrected chi connectivity index (χ3v) is 5.00. The topological polar surface area (TPSA) is 31.1 Å². The zero-order chi connectivity index (χ0) is 18.5. The average molecular weight is 353 g/mol. The number of halogens is 1. The van der Waals surface area contributed by atoms with Crippen LogP contribution >= 0.6 is 0 Å². The van der Waals surface area contributed by atoms with Crippen LogP contribution in [-0.4, -0.2) is 36.2 Å². The van der Waals surface area contributed by atoms with E-state index in [1.165, 1.54) is 11.8 Å². The van der Waals surface area contributed by atoms with E-state index in [0.717, 1.165) is 49.4 Å². The molecule has 5 heteroatoms. The molecule has 4 nitrogen and oxygen atoms in total. The smallest absolute Gasteiger partial charge is 0.190 e. The monoisotopic (exact) mass is 353 g/mol.